The molecule has 2 aliphatic rings. The largest absolute Gasteiger partial charge is 0.397 e. The van der Waals surface area contributed by atoms with Gasteiger partial charge in [0, 0.05) is 11.8 Å². The quantitative estimate of drug-likeness (QED) is 0.790. The number of carbonyl (C=O) groups excluding carboxylic acids is 1. The zero-order valence-corrected chi connectivity index (χ0v) is 15.0. The smallest absolute Gasteiger partial charge is 0.299 e. The predicted molar refractivity (Wildman–Crippen MR) is 89.2 cm³/mol. The normalized spacial score (nSPS) is 27.5. The van der Waals surface area contributed by atoms with Crippen molar-refractivity contribution in [2.45, 2.75) is 40.0 Å². The van der Waals surface area contributed by atoms with Crippen LogP contribution in [-0.2, 0) is 19.4 Å². The molecular weight excluding hydrogens is 316 g/mol. The minimum atomic E-state index is -4.16. The topological polar surface area (TPSA) is 80.7 Å². The number of hydrogen-bond acceptors (Lipinski definition) is 4. The van der Waals surface area contributed by atoms with Crippen LogP contribution in [0.2, 0.25) is 0 Å². The summed E-state index contributed by atoms with van der Waals surface area (Å²) in [7, 11) is -3.29. The molecule has 2 aliphatic carbocycles. The number of Topliss-reactive ketones (excluding diaryl/α,β-unsaturated/α-hetero) is 1. The second-order valence-electron chi connectivity index (χ2n) is 6.67. The number of fused-ring (bicyclic) bond motifs is 2. The van der Waals surface area contributed by atoms with Gasteiger partial charge in [-0.25, -0.2) is 0 Å². The molecule has 0 spiro atoms. The van der Waals surface area contributed by atoms with Gasteiger partial charge < -0.3 is 0 Å². The minimum Gasteiger partial charge on any atom is -0.299 e. The van der Waals surface area contributed by atoms with Crippen LogP contribution in [0, 0.1) is 16.7 Å². The van der Waals surface area contributed by atoms with E-state index < -0.39 is 10.4 Å². The summed E-state index contributed by atoms with van der Waals surface area (Å²) in [6.45, 7) is 6.67. The Hall–Kier alpha value is -1.24. The standard InChI is InChI=1S/C10H16O.C6H6.CH4O4S/c1-9(2)7-4-5-10(9,3)8(11)6-7;1-2-4-6-5-3-1;1-5-6(2,3)4/h7H,4-6H2,1-3H3;1-6H;1H3,(H,2,3,4). The molecule has 1 aromatic carbocycles. The fourth-order valence-corrected chi connectivity index (χ4v) is 3.29. The summed E-state index contributed by atoms with van der Waals surface area (Å²) < 4.78 is 29.7. The molecule has 0 aromatic heterocycles. The average molecular weight is 342 g/mol. The lowest BCUT2D eigenvalue weighted by molar-refractivity contribution is -0.128. The van der Waals surface area contributed by atoms with E-state index >= 15 is 0 Å². The summed E-state index contributed by atoms with van der Waals surface area (Å²) in [5.41, 5.74) is 0.307. The lowest BCUT2D eigenvalue weighted by Crippen LogP contribution is -2.32. The van der Waals surface area contributed by atoms with E-state index in [2.05, 4.69) is 25.0 Å². The first-order chi connectivity index (χ1) is 10.5. The summed E-state index contributed by atoms with van der Waals surface area (Å²) in [5, 5.41) is 0. The SMILES string of the molecule is CC12CCC(CC1=O)C2(C)C.COS(=O)(=O)O.c1ccccc1. The summed E-state index contributed by atoms with van der Waals surface area (Å²) >= 11 is 0. The van der Waals surface area contributed by atoms with Gasteiger partial charge >= 0.3 is 10.4 Å². The van der Waals surface area contributed by atoms with Gasteiger partial charge in [0.15, 0.2) is 0 Å². The summed E-state index contributed by atoms with van der Waals surface area (Å²) in [5.74, 6) is 1.19. The molecule has 23 heavy (non-hydrogen) atoms. The Morgan fingerprint density at radius 1 is 1.09 bits per heavy atom. The van der Waals surface area contributed by atoms with E-state index in [1.54, 1.807) is 0 Å². The molecule has 3 rings (SSSR count). The van der Waals surface area contributed by atoms with Crippen LogP contribution in [0.3, 0.4) is 0 Å². The van der Waals surface area contributed by atoms with E-state index in [0.29, 0.717) is 11.7 Å². The highest BCUT2D eigenvalue weighted by Crippen LogP contribution is 2.63. The fraction of sp³-hybridized carbons (Fsp3) is 0.588. The average Bonchev–Trinajstić information content (AvgIpc) is 2.83. The second-order valence-corrected chi connectivity index (χ2v) is 7.85. The Balaban J connectivity index is 0.000000189. The van der Waals surface area contributed by atoms with Gasteiger partial charge in [-0.2, -0.15) is 8.42 Å². The van der Waals surface area contributed by atoms with Crippen LogP contribution in [0.4, 0.5) is 0 Å². The maximum absolute atomic E-state index is 11.6. The van der Waals surface area contributed by atoms with Crippen molar-refractivity contribution in [2.24, 2.45) is 16.7 Å². The molecule has 2 fully saturated rings. The van der Waals surface area contributed by atoms with Gasteiger partial charge in [0.25, 0.3) is 0 Å². The minimum absolute atomic E-state index is 0.0255. The molecule has 130 valence electrons. The lowest BCUT2D eigenvalue weighted by Gasteiger charge is -2.32. The molecule has 0 heterocycles. The molecule has 0 aliphatic heterocycles. The van der Waals surface area contributed by atoms with Gasteiger partial charge in [-0.05, 0) is 24.2 Å². The highest BCUT2D eigenvalue weighted by molar-refractivity contribution is 7.80. The number of ketones is 1. The van der Waals surface area contributed by atoms with Gasteiger partial charge in [-0.3, -0.25) is 13.5 Å². The van der Waals surface area contributed by atoms with Gasteiger partial charge in [0.05, 0.1) is 7.11 Å². The molecule has 0 saturated heterocycles. The van der Waals surface area contributed by atoms with Crippen molar-refractivity contribution in [1.29, 1.82) is 0 Å². The van der Waals surface area contributed by atoms with Gasteiger partial charge in [-0.15, -0.1) is 0 Å². The van der Waals surface area contributed by atoms with Crippen LogP contribution in [0.15, 0.2) is 36.4 Å². The summed E-state index contributed by atoms with van der Waals surface area (Å²) in [6.07, 6.45) is 3.25. The third-order valence-corrected chi connectivity index (χ3v) is 5.78. The molecule has 0 radical (unpaired) electrons. The van der Waals surface area contributed by atoms with Crippen molar-refractivity contribution >= 4 is 16.2 Å². The van der Waals surface area contributed by atoms with E-state index in [4.69, 9.17) is 4.55 Å². The fourth-order valence-electron chi connectivity index (χ4n) is 3.29. The van der Waals surface area contributed by atoms with Crippen molar-refractivity contribution in [3.63, 3.8) is 0 Å². The van der Waals surface area contributed by atoms with E-state index in [0.717, 1.165) is 20.0 Å². The maximum atomic E-state index is 11.6. The highest BCUT2D eigenvalue weighted by atomic mass is 32.3. The van der Waals surface area contributed by atoms with Gasteiger partial charge in [0.1, 0.15) is 5.78 Å². The monoisotopic (exact) mass is 342 g/mol. The molecule has 2 saturated carbocycles. The van der Waals surface area contributed by atoms with Crippen LogP contribution < -0.4 is 0 Å². The summed E-state index contributed by atoms with van der Waals surface area (Å²) in [6, 6.07) is 12.0. The second kappa shape index (κ2) is 7.55. The molecule has 6 heteroatoms. The zero-order chi connectivity index (χ0) is 17.7. The van der Waals surface area contributed by atoms with Crippen molar-refractivity contribution in [3.8, 4) is 0 Å². The first-order valence-corrected chi connectivity index (χ1v) is 8.97. The van der Waals surface area contributed by atoms with E-state index in [9.17, 15) is 13.2 Å². The summed E-state index contributed by atoms with van der Waals surface area (Å²) in [4.78, 5) is 11.6. The van der Waals surface area contributed by atoms with E-state index in [1.807, 2.05) is 36.4 Å². The number of hydrogen-bond donors (Lipinski definition) is 1. The molecule has 0 amide bonds. The molecular formula is C17H26O5S. The van der Waals surface area contributed by atoms with Gasteiger partial charge in [-0.1, -0.05) is 57.2 Å². The van der Waals surface area contributed by atoms with Crippen LogP contribution in [-0.4, -0.2) is 25.9 Å². The van der Waals surface area contributed by atoms with Crippen molar-refractivity contribution < 1.29 is 21.9 Å². The van der Waals surface area contributed by atoms with Crippen LogP contribution in [0.5, 0.6) is 0 Å². The zero-order valence-electron chi connectivity index (χ0n) is 14.2. The predicted octanol–water partition coefficient (Wildman–Crippen LogP) is 3.52. The van der Waals surface area contributed by atoms with Crippen molar-refractivity contribution in [2.75, 3.05) is 7.11 Å². The lowest BCUT2D eigenvalue weighted by atomic mass is 9.70. The Labute approximate surface area is 139 Å². The first kappa shape index (κ1) is 19.8. The third kappa shape index (κ3) is 4.86. The number of carbonyl (C=O) groups is 1. The molecule has 1 aromatic rings. The molecule has 1 N–H and O–H groups in total. The Kier molecular flexibility index (Phi) is 6.50. The van der Waals surface area contributed by atoms with E-state index in [1.165, 1.54) is 6.42 Å². The van der Waals surface area contributed by atoms with Crippen LogP contribution in [0.1, 0.15) is 40.0 Å². The Bertz CT molecular complexity index is 582. The highest BCUT2D eigenvalue weighted by Gasteiger charge is 2.61. The van der Waals surface area contributed by atoms with E-state index in [-0.39, 0.29) is 10.8 Å². The molecule has 5 nitrogen and oxygen atoms in total. The van der Waals surface area contributed by atoms with Gasteiger partial charge in [0.2, 0.25) is 0 Å². The number of rotatable bonds is 1. The Morgan fingerprint density at radius 3 is 1.61 bits per heavy atom. The first-order valence-electron chi connectivity index (χ1n) is 7.61. The van der Waals surface area contributed by atoms with Crippen molar-refractivity contribution in [3.05, 3.63) is 36.4 Å². The third-order valence-electron chi connectivity index (χ3n) is 5.36. The molecule has 2 atom stereocenters. The molecule has 2 bridgehead atoms. The van der Waals surface area contributed by atoms with Crippen molar-refractivity contribution in [1.82, 2.24) is 0 Å². The van der Waals surface area contributed by atoms with Crippen LogP contribution in [0.25, 0.3) is 0 Å². The molecule has 2 unspecified atom stereocenters. The maximum Gasteiger partial charge on any atom is 0.397 e. The Morgan fingerprint density at radius 2 is 1.48 bits per heavy atom. The van der Waals surface area contributed by atoms with Crippen LogP contribution >= 0.6 is 0 Å². The number of benzene rings is 1.